The smallest absolute Gasteiger partial charge is 0.222 e. The molecule has 47 heavy (non-hydrogen) atoms. The molecular weight excluding hydrogens is 582 g/mol. The minimum Gasteiger partial charge on any atom is -0.394 e. The molecule has 0 spiro atoms. The fourth-order valence-corrected chi connectivity index (χ4v) is 5.48. The van der Waals surface area contributed by atoms with Crippen molar-refractivity contribution in [3.63, 3.8) is 0 Å². The van der Waals surface area contributed by atoms with E-state index in [-0.39, 0.29) is 18.9 Å². The van der Waals surface area contributed by atoms with Gasteiger partial charge in [-0.05, 0) is 70.6 Å². The van der Waals surface area contributed by atoms with Crippen LogP contribution in [0.4, 0.5) is 0 Å². The minimum atomic E-state index is -0.962. The molecule has 0 saturated heterocycles. The van der Waals surface area contributed by atoms with Crippen molar-refractivity contribution in [3.8, 4) is 0 Å². The average molecular weight is 658 g/mol. The number of carbonyl (C=O) groups is 1. The molecule has 5 heteroatoms. The third-order valence-corrected chi connectivity index (χ3v) is 8.53. The average Bonchev–Trinajstić information content (AvgIpc) is 3.06. The van der Waals surface area contributed by atoms with Crippen LogP contribution >= 0.6 is 0 Å². The monoisotopic (exact) mass is 658 g/mol. The van der Waals surface area contributed by atoms with Gasteiger partial charge in [0, 0.05) is 0 Å². The summed E-state index contributed by atoms with van der Waals surface area (Å²) in [5.41, 5.74) is 0. The Hall–Kier alpha value is -1.95. The van der Waals surface area contributed by atoms with Gasteiger partial charge >= 0.3 is 0 Å². The summed E-state index contributed by atoms with van der Waals surface area (Å²) >= 11 is 0. The Morgan fingerprint density at radius 3 is 1.53 bits per heavy atom. The Morgan fingerprint density at radius 1 is 0.553 bits per heavy atom. The van der Waals surface area contributed by atoms with Gasteiger partial charge in [-0.1, -0.05) is 158 Å². The molecule has 0 saturated carbocycles. The lowest BCUT2D eigenvalue weighted by atomic mass is 10.0. The van der Waals surface area contributed by atoms with E-state index in [1.54, 1.807) is 6.08 Å². The van der Waals surface area contributed by atoms with E-state index >= 15 is 0 Å². The van der Waals surface area contributed by atoms with Crippen LogP contribution in [0, 0.1) is 0 Å². The molecule has 272 valence electrons. The lowest BCUT2D eigenvalue weighted by Crippen LogP contribution is -2.45. The Morgan fingerprint density at radius 2 is 0.979 bits per heavy atom. The quantitative estimate of drug-likeness (QED) is 0.0315. The van der Waals surface area contributed by atoms with Crippen LogP contribution < -0.4 is 5.32 Å². The number of carbonyl (C=O) groups excluding carboxylic acids is 1. The lowest BCUT2D eigenvalue weighted by Gasteiger charge is -2.21. The van der Waals surface area contributed by atoms with Gasteiger partial charge in [-0.3, -0.25) is 4.79 Å². The Kier molecular flexibility index (Phi) is 35.3. The molecule has 0 aliphatic carbocycles. The number of hydrogen-bond acceptors (Lipinski definition) is 4. The highest BCUT2D eigenvalue weighted by Crippen LogP contribution is 2.13. The molecule has 5 nitrogen and oxygen atoms in total. The van der Waals surface area contributed by atoms with Crippen LogP contribution in [0.15, 0.2) is 60.8 Å². The van der Waals surface area contributed by atoms with E-state index in [4.69, 9.17) is 0 Å². The molecule has 4 N–H and O–H groups in total. The highest BCUT2D eigenvalue weighted by atomic mass is 16.3. The molecule has 0 aromatic carbocycles. The molecule has 0 aromatic heterocycles. The van der Waals surface area contributed by atoms with Crippen molar-refractivity contribution in [2.45, 2.75) is 193 Å². The van der Waals surface area contributed by atoms with Crippen molar-refractivity contribution in [2.24, 2.45) is 0 Å². The van der Waals surface area contributed by atoms with Gasteiger partial charge in [0.15, 0.2) is 0 Å². The van der Waals surface area contributed by atoms with Gasteiger partial charge in [-0.2, -0.15) is 0 Å². The molecule has 0 rings (SSSR count). The number of hydrogen-bond donors (Lipinski definition) is 4. The fraction of sp³-hybridized carbons (Fsp3) is 0.738. The summed E-state index contributed by atoms with van der Waals surface area (Å²) in [6.07, 6.45) is 47.7. The van der Waals surface area contributed by atoms with Crippen LogP contribution in [-0.4, -0.2) is 46.1 Å². The van der Waals surface area contributed by atoms with Crippen molar-refractivity contribution in [1.82, 2.24) is 5.32 Å². The number of unbranched alkanes of at least 4 members (excludes halogenated alkanes) is 18. The van der Waals surface area contributed by atoms with Gasteiger partial charge < -0.3 is 20.6 Å². The van der Waals surface area contributed by atoms with Crippen molar-refractivity contribution in [3.05, 3.63) is 60.8 Å². The maximum Gasteiger partial charge on any atom is 0.222 e. The number of allylic oxidation sites excluding steroid dienone is 9. The first-order chi connectivity index (χ1) is 23.0. The predicted molar refractivity (Wildman–Crippen MR) is 204 cm³/mol. The first-order valence-electron chi connectivity index (χ1n) is 19.6. The van der Waals surface area contributed by atoms with Gasteiger partial charge in [0.2, 0.25) is 5.91 Å². The number of amides is 1. The molecule has 1 amide bonds. The summed E-state index contributed by atoms with van der Waals surface area (Å²) in [6, 6.07) is -0.770. The van der Waals surface area contributed by atoms with Crippen molar-refractivity contribution in [1.29, 1.82) is 0 Å². The number of rotatable bonds is 34. The maximum atomic E-state index is 12.4. The zero-order valence-electron chi connectivity index (χ0n) is 30.6. The van der Waals surface area contributed by atoms with E-state index < -0.39 is 18.2 Å². The predicted octanol–water partition coefficient (Wildman–Crippen LogP) is 10.8. The van der Waals surface area contributed by atoms with E-state index in [0.29, 0.717) is 6.42 Å². The normalized spacial score (nSPS) is 14.4. The summed E-state index contributed by atoms with van der Waals surface area (Å²) in [4.78, 5) is 12.4. The summed E-state index contributed by atoms with van der Waals surface area (Å²) in [6.45, 7) is 4.13. The van der Waals surface area contributed by atoms with Crippen LogP contribution in [0.1, 0.15) is 174 Å². The van der Waals surface area contributed by atoms with E-state index in [1.165, 1.54) is 103 Å². The van der Waals surface area contributed by atoms with E-state index in [2.05, 4.69) is 67.8 Å². The number of aliphatic hydroxyl groups excluding tert-OH is 3. The van der Waals surface area contributed by atoms with Gasteiger partial charge in [-0.25, -0.2) is 0 Å². The summed E-state index contributed by atoms with van der Waals surface area (Å²) < 4.78 is 0. The molecule has 0 aliphatic heterocycles. The third kappa shape index (κ3) is 33.7. The Bertz CT molecular complexity index is 815. The van der Waals surface area contributed by atoms with E-state index in [9.17, 15) is 20.1 Å². The molecule has 3 unspecified atom stereocenters. The molecule has 0 heterocycles. The molecule has 0 radical (unpaired) electrons. The second kappa shape index (κ2) is 36.9. The second-order valence-corrected chi connectivity index (χ2v) is 13.2. The topological polar surface area (TPSA) is 89.8 Å². The van der Waals surface area contributed by atoms with Gasteiger partial charge in [0.05, 0.1) is 31.3 Å². The zero-order valence-corrected chi connectivity index (χ0v) is 30.6. The van der Waals surface area contributed by atoms with Crippen molar-refractivity contribution in [2.75, 3.05) is 6.61 Å². The SMILES string of the molecule is CCCCC/C=C\C=C/CCCCCCCCCCC(O)CC(=O)NC(CO)C(O)/C=C/CC/C=C/CC/C=C/CCCCCCC. The largest absolute Gasteiger partial charge is 0.394 e. The molecule has 3 atom stereocenters. The summed E-state index contributed by atoms with van der Waals surface area (Å²) in [7, 11) is 0. The fourth-order valence-electron chi connectivity index (χ4n) is 5.48. The number of aliphatic hydroxyl groups is 3. The number of nitrogens with one attached hydrogen (secondary N) is 1. The zero-order chi connectivity index (χ0) is 34.5. The highest BCUT2D eigenvalue weighted by Gasteiger charge is 2.20. The molecular formula is C42H75NO4. The van der Waals surface area contributed by atoms with Crippen LogP contribution in [0.25, 0.3) is 0 Å². The third-order valence-electron chi connectivity index (χ3n) is 8.53. The van der Waals surface area contributed by atoms with E-state index in [0.717, 1.165) is 44.9 Å². The first-order valence-corrected chi connectivity index (χ1v) is 19.6. The summed E-state index contributed by atoms with van der Waals surface area (Å²) in [5, 5.41) is 33.1. The molecule has 0 bridgehead atoms. The molecule has 0 aromatic rings. The standard InChI is InChI=1S/C42H75NO4/c1-3-5-7-9-11-13-15-17-19-20-22-23-25-27-29-31-33-35-39(45)37-42(47)43-40(38-44)41(46)36-34-32-30-28-26-24-21-18-16-14-12-10-8-6-4-2/h11,13,15-18,26,28,34,36,39-41,44-46H,3-10,12,14,19-25,27,29-33,35,37-38H2,1-2H3,(H,43,47)/b13-11-,17-15-,18-16+,28-26+,36-34+. The molecule has 0 aliphatic rings. The van der Waals surface area contributed by atoms with Crippen molar-refractivity contribution >= 4 is 5.91 Å². The summed E-state index contributed by atoms with van der Waals surface area (Å²) in [5.74, 6) is -0.338. The van der Waals surface area contributed by atoms with Gasteiger partial charge in [-0.15, -0.1) is 0 Å². The van der Waals surface area contributed by atoms with Crippen molar-refractivity contribution < 1.29 is 20.1 Å². The van der Waals surface area contributed by atoms with Crippen LogP contribution in [0.3, 0.4) is 0 Å². The van der Waals surface area contributed by atoms with Crippen LogP contribution in [0.5, 0.6) is 0 Å². The minimum absolute atomic E-state index is 0.00499. The van der Waals surface area contributed by atoms with E-state index in [1.807, 2.05) is 6.08 Å². The lowest BCUT2D eigenvalue weighted by molar-refractivity contribution is -0.124. The Labute approximate surface area is 290 Å². The second-order valence-electron chi connectivity index (χ2n) is 13.2. The van der Waals surface area contributed by atoms with Gasteiger partial charge in [0.25, 0.3) is 0 Å². The highest BCUT2D eigenvalue weighted by molar-refractivity contribution is 5.76. The van der Waals surface area contributed by atoms with Crippen LogP contribution in [-0.2, 0) is 4.79 Å². The Balaban J connectivity index is 3.81. The molecule has 0 fully saturated rings. The van der Waals surface area contributed by atoms with Gasteiger partial charge in [0.1, 0.15) is 0 Å². The van der Waals surface area contributed by atoms with Crippen LogP contribution in [0.2, 0.25) is 0 Å². The maximum absolute atomic E-state index is 12.4. The first kappa shape index (κ1) is 45.0.